The van der Waals surface area contributed by atoms with Crippen LogP contribution < -0.4 is 4.90 Å². The van der Waals surface area contributed by atoms with Crippen LogP contribution in [0.15, 0.2) is 65.8 Å². The topological polar surface area (TPSA) is 28.5 Å². The lowest BCUT2D eigenvalue weighted by Gasteiger charge is -2.24. The molecule has 0 radical (unpaired) electrons. The minimum absolute atomic E-state index is 0.250. The van der Waals surface area contributed by atoms with Gasteiger partial charge in [-0.1, -0.05) is 56.7 Å². The molecule has 3 heteroatoms. The monoisotopic (exact) mass is 357 g/mol. The molecule has 0 bridgehead atoms. The van der Waals surface area contributed by atoms with E-state index in [1.54, 1.807) is 0 Å². The highest BCUT2D eigenvalue weighted by Gasteiger charge is 2.31. The van der Waals surface area contributed by atoms with Crippen molar-refractivity contribution in [2.24, 2.45) is 10.4 Å². The molecule has 0 N–H and O–H groups in total. The first-order chi connectivity index (χ1) is 12.9. The Kier molecular flexibility index (Phi) is 4.47. The van der Waals surface area contributed by atoms with Crippen LogP contribution in [-0.4, -0.2) is 23.4 Å². The van der Waals surface area contributed by atoms with E-state index in [1.807, 2.05) is 12.3 Å². The third-order valence-corrected chi connectivity index (χ3v) is 5.02. The highest BCUT2D eigenvalue weighted by atomic mass is 15.3. The molecule has 0 amide bonds. The highest BCUT2D eigenvalue weighted by molar-refractivity contribution is 6.17. The summed E-state index contributed by atoms with van der Waals surface area (Å²) >= 11 is 0. The van der Waals surface area contributed by atoms with Crippen molar-refractivity contribution in [3.63, 3.8) is 0 Å². The minimum atomic E-state index is 0.250. The maximum Gasteiger partial charge on any atom is 0.138 e. The Morgan fingerprint density at radius 3 is 2.48 bits per heavy atom. The third kappa shape index (κ3) is 3.73. The van der Waals surface area contributed by atoms with E-state index in [9.17, 15) is 0 Å². The Bertz CT molecular complexity index is 975. The molecule has 1 aliphatic heterocycles. The fraction of sp³-hybridized carbons (Fsp3) is 0.333. The fourth-order valence-corrected chi connectivity index (χ4v) is 3.85. The lowest BCUT2D eigenvalue weighted by Crippen LogP contribution is -2.31. The SMILES string of the molecule is Cc1ccc(N2CC(CC(C)(C)C)N=C2c2cccc3cccnc23)cc1. The van der Waals surface area contributed by atoms with E-state index in [-0.39, 0.29) is 5.41 Å². The first kappa shape index (κ1) is 17.7. The highest BCUT2D eigenvalue weighted by Crippen LogP contribution is 2.31. The van der Waals surface area contributed by atoms with Crippen LogP contribution in [0, 0.1) is 12.3 Å². The van der Waals surface area contributed by atoms with Crippen molar-refractivity contribution in [2.75, 3.05) is 11.4 Å². The zero-order chi connectivity index (χ0) is 19.0. The average molecular weight is 358 g/mol. The van der Waals surface area contributed by atoms with Gasteiger partial charge in [-0.3, -0.25) is 9.98 Å². The van der Waals surface area contributed by atoms with Crippen LogP contribution in [-0.2, 0) is 0 Å². The summed E-state index contributed by atoms with van der Waals surface area (Å²) in [6.07, 6.45) is 2.93. The smallest absolute Gasteiger partial charge is 0.138 e. The second kappa shape index (κ2) is 6.80. The number of hydrogen-bond acceptors (Lipinski definition) is 3. The van der Waals surface area contributed by atoms with Gasteiger partial charge >= 0.3 is 0 Å². The quantitative estimate of drug-likeness (QED) is 0.609. The van der Waals surface area contributed by atoms with E-state index in [0.717, 1.165) is 35.3 Å². The second-order valence-corrected chi connectivity index (χ2v) is 8.70. The first-order valence-electron chi connectivity index (χ1n) is 9.67. The average Bonchev–Trinajstić information content (AvgIpc) is 3.03. The number of aryl methyl sites for hydroxylation is 1. The number of nitrogens with zero attached hydrogens (tertiary/aromatic N) is 3. The summed E-state index contributed by atoms with van der Waals surface area (Å²) in [4.78, 5) is 12.2. The molecule has 1 aromatic heterocycles. The molecule has 3 nitrogen and oxygen atoms in total. The van der Waals surface area contributed by atoms with Crippen molar-refractivity contribution in [1.82, 2.24) is 4.98 Å². The third-order valence-electron chi connectivity index (χ3n) is 5.02. The van der Waals surface area contributed by atoms with Gasteiger partial charge in [0.05, 0.1) is 11.6 Å². The van der Waals surface area contributed by atoms with Crippen molar-refractivity contribution in [1.29, 1.82) is 0 Å². The summed E-state index contributed by atoms with van der Waals surface area (Å²) in [6, 6.07) is 19.5. The maximum absolute atomic E-state index is 5.18. The molecule has 0 saturated carbocycles. The van der Waals surface area contributed by atoms with Crippen LogP contribution in [0.3, 0.4) is 0 Å². The molecule has 1 atom stereocenters. The molecule has 2 heterocycles. The lowest BCUT2D eigenvalue weighted by molar-refractivity contribution is 0.348. The number of aliphatic imine (C=N–C) groups is 1. The second-order valence-electron chi connectivity index (χ2n) is 8.70. The van der Waals surface area contributed by atoms with Gasteiger partial charge < -0.3 is 4.90 Å². The molecule has 0 fully saturated rings. The van der Waals surface area contributed by atoms with Gasteiger partial charge in [0.1, 0.15) is 5.84 Å². The fourth-order valence-electron chi connectivity index (χ4n) is 3.85. The summed E-state index contributed by atoms with van der Waals surface area (Å²) < 4.78 is 0. The predicted molar refractivity (Wildman–Crippen MR) is 115 cm³/mol. The first-order valence-corrected chi connectivity index (χ1v) is 9.67. The Balaban J connectivity index is 1.81. The Morgan fingerprint density at radius 1 is 1.00 bits per heavy atom. The maximum atomic E-state index is 5.18. The molecule has 27 heavy (non-hydrogen) atoms. The van der Waals surface area contributed by atoms with E-state index >= 15 is 0 Å². The number of anilines is 1. The van der Waals surface area contributed by atoms with Crippen molar-refractivity contribution < 1.29 is 0 Å². The van der Waals surface area contributed by atoms with Gasteiger partial charge in [-0.25, -0.2) is 0 Å². The summed E-state index contributed by atoms with van der Waals surface area (Å²) in [5, 5.41) is 1.15. The molecule has 2 aromatic carbocycles. The van der Waals surface area contributed by atoms with E-state index in [1.165, 1.54) is 11.3 Å². The Labute approximate surface area is 161 Å². The number of benzene rings is 2. The van der Waals surface area contributed by atoms with Gasteiger partial charge in [0, 0.05) is 29.4 Å². The molecule has 1 unspecified atom stereocenters. The summed E-state index contributed by atoms with van der Waals surface area (Å²) in [6.45, 7) is 9.90. The molecule has 3 aromatic rings. The lowest BCUT2D eigenvalue weighted by atomic mass is 9.88. The van der Waals surface area contributed by atoms with Crippen LogP contribution >= 0.6 is 0 Å². The molecular formula is C24H27N3. The number of para-hydroxylation sites is 1. The van der Waals surface area contributed by atoms with Crippen LogP contribution in [0.25, 0.3) is 10.9 Å². The van der Waals surface area contributed by atoms with Gasteiger partial charge in [-0.15, -0.1) is 0 Å². The number of fused-ring (bicyclic) bond motifs is 1. The standard InChI is InChI=1S/C24H27N3/c1-17-10-12-20(13-11-17)27-16-19(15-24(2,3)4)26-23(27)21-9-5-7-18-8-6-14-25-22(18)21/h5-14,19H,15-16H2,1-4H3. The zero-order valence-electron chi connectivity index (χ0n) is 16.6. The van der Waals surface area contributed by atoms with Gasteiger partial charge in [0.2, 0.25) is 0 Å². The van der Waals surface area contributed by atoms with Gasteiger partial charge in [0.15, 0.2) is 0 Å². The van der Waals surface area contributed by atoms with E-state index < -0.39 is 0 Å². The Hall–Kier alpha value is -2.68. The molecule has 0 saturated heterocycles. The van der Waals surface area contributed by atoms with Gasteiger partial charge in [-0.2, -0.15) is 0 Å². The number of rotatable bonds is 3. The van der Waals surface area contributed by atoms with Crippen LogP contribution in [0.4, 0.5) is 5.69 Å². The molecule has 1 aliphatic rings. The van der Waals surface area contributed by atoms with Crippen LogP contribution in [0.5, 0.6) is 0 Å². The van der Waals surface area contributed by atoms with Gasteiger partial charge in [0.25, 0.3) is 0 Å². The molecule has 0 spiro atoms. The van der Waals surface area contributed by atoms with E-state index in [4.69, 9.17) is 4.99 Å². The molecule has 4 rings (SSSR count). The van der Waals surface area contributed by atoms with Crippen molar-refractivity contribution >= 4 is 22.4 Å². The normalized spacial score (nSPS) is 17.4. The summed E-state index contributed by atoms with van der Waals surface area (Å²) in [5.41, 5.74) is 4.86. The van der Waals surface area contributed by atoms with E-state index in [2.05, 4.69) is 86.1 Å². The van der Waals surface area contributed by atoms with Crippen LogP contribution in [0.2, 0.25) is 0 Å². The summed E-state index contributed by atoms with van der Waals surface area (Å²) in [7, 11) is 0. The molecule has 138 valence electrons. The minimum Gasteiger partial charge on any atom is -0.324 e. The number of amidine groups is 1. The number of pyridine rings is 1. The number of aromatic nitrogens is 1. The largest absolute Gasteiger partial charge is 0.324 e. The Morgan fingerprint density at radius 2 is 1.74 bits per heavy atom. The van der Waals surface area contributed by atoms with Crippen molar-refractivity contribution in [2.45, 2.75) is 40.2 Å². The van der Waals surface area contributed by atoms with Crippen molar-refractivity contribution in [3.8, 4) is 0 Å². The summed E-state index contributed by atoms with van der Waals surface area (Å²) in [5.74, 6) is 1.04. The zero-order valence-corrected chi connectivity index (χ0v) is 16.6. The molecular weight excluding hydrogens is 330 g/mol. The van der Waals surface area contributed by atoms with E-state index in [0.29, 0.717) is 6.04 Å². The van der Waals surface area contributed by atoms with Crippen LogP contribution in [0.1, 0.15) is 38.3 Å². The predicted octanol–water partition coefficient (Wildman–Crippen LogP) is 5.61. The van der Waals surface area contributed by atoms with Crippen molar-refractivity contribution in [3.05, 3.63) is 71.9 Å². The molecule has 0 aliphatic carbocycles. The van der Waals surface area contributed by atoms with Gasteiger partial charge in [-0.05, 0) is 43.0 Å². The number of hydrogen-bond donors (Lipinski definition) is 0.